The van der Waals surface area contributed by atoms with Crippen molar-refractivity contribution < 1.29 is 8.42 Å². The smallest absolute Gasteiger partial charge is 0.229 e. The van der Waals surface area contributed by atoms with Crippen molar-refractivity contribution >= 4 is 57.0 Å². The van der Waals surface area contributed by atoms with Crippen molar-refractivity contribution in [3.05, 3.63) is 45.4 Å². The van der Waals surface area contributed by atoms with Crippen LogP contribution in [0, 0.1) is 13.8 Å². The number of para-hydroxylation sites is 1. The molecule has 1 heterocycles. The fourth-order valence-corrected chi connectivity index (χ4v) is 3.84. The molecule has 0 aliphatic carbocycles. The number of guanidine groups is 1. The van der Waals surface area contributed by atoms with Crippen molar-refractivity contribution in [1.29, 1.82) is 0 Å². The normalized spacial score (nSPS) is 11.6. The van der Waals surface area contributed by atoms with Gasteiger partial charge in [-0.2, -0.15) is 0 Å². The summed E-state index contributed by atoms with van der Waals surface area (Å²) in [5, 5.41) is 7.54. The van der Waals surface area contributed by atoms with Gasteiger partial charge in [-0.1, -0.05) is 18.2 Å². The Balaban J connectivity index is 0.00000364. The van der Waals surface area contributed by atoms with Crippen LogP contribution in [-0.4, -0.2) is 32.2 Å². The molecule has 0 atom stereocenters. The number of anilines is 1. The molecule has 27 heavy (non-hydrogen) atoms. The molecule has 1 aromatic carbocycles. The van der Waals surface area contributed by atoms with Crippen molar-refractivity contribution in [3.8, 4) is 0 Å². The lowest BCUT2D eigenvalue weighted by atomic mass is 10.2. The number of aryl methyl sites for hydroxylation is 2. The number of halogens is 1. The molecule has 0 amide bonds. The van der Waals surface area contributed by atoms with Gasteiger partial charge in [0.2, 0.25) is 10.0 Å². The summed E-state index contributed by atoms with van der Waals surface area (Å²) in [6, 6.07) is 7.24. The van der Waals surface area contributed by atoms with E-state index in [1.54, 1.807) is 23.5 Å². The summed E-state index contributed by atoms with van der Waals surface area (Å²) in [6.07, 6.45) is 1.14. The molecular formula is C17H26IN5O2S2. The molecule has 1 aromatic heterocycles. The van der Waals surface area contributed by atoms with E-state index in [-0.39, 0.29) is 24.0 Å². The van der Waals surface area contributed by atoms with Gasteiger partial charge in [-0.15, -0.1) is 35.3 Å². The van der Waals surface area contributed by atoms with Gasteiger partial charge in [0.15, 0.2) is 5.96 Å². The topological polar surface area (TPSA) is 95.5 Å². The Kier molecular flexibility index (Phi) is 9.47. The number of hydrogen-bond acceptors (Lipinski definition) is 5. The minimum Gasteiger partial charge on any atom is -0.357 e. The first-order chi connectivity index (χ1) is 12.3. The van der Waals surface area contributed by atoms with E-state index >= 15 is 0 Å². The van der Waals surface area contributed by atoms with Gasteiger partial charge in [-0.3, -0.25) is 4.72 Å². The predicted molar refractivity (Wildman–Crippen MR) is 124 cm³/mol. The number of thiazole rings is 1. The first kappa shape index (κ1) is 23.6. The molecule has 2 aromatic rings. The van der Waals surface area contributed by atoms with E-state index in [1.165, 1.54) is 4.88 Å². The second-order valence-electron chi connectivity index (χ2n) is 5.82. The molecule has 0 saturated carbocycles. The van der Waals surface area contributed by atoms with Crippen LogP contribution < -0.4 is 15.4 Å². The fourth-order valence-electron chi connectivity index (χ4n) is 2.36. The lowest BCUT2D eigenvalue weighted by Crippen LogP contribution is -2.36. The number of benzene rings is 1. The molecule has 0 aliphatic rings. The Morgan fingerprint density at radius 3 is 2.52 bits per heavy atom. The number of aromatic nitrogens is 1. The molecule has 0 radical (unpaired) electrons. The first-order valence-electron chi connectivity index (χ1n) is 8.29. The third-order valence-corrected chi connectivity index (χ3v) is 5.14. The number of sulfonamides is 1. The molecular weight excluding hydrogens is 497 g/mol. The summed E-state index contributed by atoms with van der Waals surface area (Å²) in [5.74, 6) is 0.673. The van der Waals surface area contributed by atoms with Crippen LogP contribution in [0.5, 0.6) is 0 Å². The Labute approximate surface area is 182 Å². The van der Waals surface area contributed by atoms with Crippen LogP contribution in [0.1, 0.15) is 28.1 Å². The first-order valence-corrected chi connectivity index (χ1v) is 11.0. The highest BCUT2D eigenvalue weighted by Gasteiger charge is 2.08. The maximum Gasteiger partial charge on any atom is 0.229 e. The van der Waals surface area contributed by atoms with Gasteiger partial charge < -0.3 is 10.6 Å². The fraction of sp³-hybridized carbons (Fsp3) is 0.412. The summed E-state index contributed by atoms with van der Waals surface area (Å²) in [4.78, 5) is 10.2. The van der Waals surface area contributed by atoms with Crippen LogP contribution in [0.3, 0.4) is 0 Å². The van der Waals surface area contributed by atoms with Gasteiger partial charge in [-0.25, -0.2) is 18.4 Å². The predicted octanol–water partition coefficient (Wildman–Crippen LogP) is 3.00. The third-order valence-electron chi connectivity index (χ3n) is 3.48. The maximum atomic E-state index is 11.5. The van der Waals surface area contributed by atoms with E-state index in [1.807, 2.05) is 32.9 Å². The van der Waals surface area contributed by atoms with Gasteiger partial charge in [0, 0.05) is 11.4 Å². The van der Waals surface area contributed by atoms with E-state index in [4.69, 9.17) is 0 Å². The Morgan fingerprint density at radius 2 is 1.93 bits per heavy atom. The van der Waals surface area contributed by atoms with Crippen LogP contribution in [0.2, 0.25) is 0 Å². The molecule has 3 N–H and O–H groups in total. The van der Waals surface area contributed by atoms with Crippen LogP contribution in [0.25, 0.3) is 0 Å². The molecule has 0 spiro atoms. The quantitative estimate of drug-likeness (QED) is 0.295. The second-order valence-corrected chi connectivity index (χ2v) is 8.86. The molecule has 7 nitrogen and oxygen atoms in total. The van der Waals surface area contributed by atoms with Gasteiger partial charge >= 0.3 is 0 Å². The Bertz CT molecular complexity index is 881. The Morgan fingerprint density at radius 1 is 1.22 bits per heavy atom. The zero-order chi connectivity index (χ0) is 19.2. The number of nitrogens with zero attached hydrogens (tertiary/aromatic N) is 2. The zero-order valence-corrected chi connectivity index (χ0v) is 19.8. The van der Waals surface area contributed by atoms with Gasteiger partial charge in [0.1, 0.15) is 0 Å². The van der Waals surface area contributed by atoms with E-state index in [9.17, 15) is 8.42 Å². The van der Waals surface area contributed by atoms with Crippen LogP contribution in [0.4, 0.5) is 5.69 Å². The lowest BCUT2D eigenvalue weighted by molar-refractivity contribution is 0.606. The zero-order valence-electron chi connectivity index (χ0n) is 15.9. The average molecular weight is 523 g/mol. The lowest BCUT2D eigenvalue weighted by Gasteiger charge is -2.12. The maximum absolute atomic E-state index is 11.5. The average Bonchev–Trinajstić information content (AvgIpc) is 2.87. The second kappa shape index (κ2) is 10.8. The molecule has 2 rings (SSSR count). The molecule has 0 aliphatic heterocycles. The summed E-state index contributed by atoms with van der Waals surface area (Å²) >= 11 is 1.66. The SMILES string of the molecule is CCNC(=NCc1ccccc1NS(C)(=O)=O)NCc1sc(C)nc1C.I. The molecule has 0 unspecified atom stereocenters. The van der Waals surface area contributed by atoms with Crippen molar-refractivity contribution in [2.24, 2.45) is 4.99 Å². The van der Waals surface area contributed by atoms with Crippen LogP contribution in [0.15, 0.2) is 29.3 Å². The highest BCUT2D eigenvalue weighted by atomic mass is 127. The Hall–Kier alpha value is -1.40. The van der Waals surface area contributed by atoms with E-state index < -0.39 is 10.0 Å². The summed E-state index contributed by atoms with van der Waals surface area (Å²) < 4.78 is 25.5. The molecule has 10 heteroatoms. The van der Waals surface area contributed by atoms with Gasteiger partial charge in [0.25, 0.3) is 0 Å². The highest BCUT2D eigenvalue weighted by Crippen LogP contribution is 2.18. The summed E-state index contributed by atoms with van der Waals surface area (Å²) in [7, 11) is -3.33. The van der Waals surface area contributed by atoms with E-state index in [2.05, 4.69) is 25.3 Å². The molecule has 0 fully saturated rings. The standard InChI is InChI=1S/C17H25N5O2S2.HI/c1-5-18-17(20-11-16-12(2)21-13(3)25-16)19-10-14-8-6-7-9-15(14)22-26(4,23)24;/h6-9,22H,5,10-11H2,1-4H3,(H2,18,19,20);1H. The van der Waals surface area contributed by atoms with E-state index in [0.717, 1.165) is 29.1 Å². The van der Waals surface area contributed by atoms with E-state index in [0.29, 0.717) is 24.7 Å². The molecule has 150 valence electrons. The van der Waals surface area contributed by atoms with Crippen molar-refractivity contribution in [3.63, 3.8) is 0 Å². The monoisotopic (exact) mass is 523 g/mol. The minimum absolute atomic E-state index is 0. The van der Waals surface area contributed by atoms with Gasteiger partial charge in [-0.05, 0) is 32.4 Å². The van der Waals surface area contributed by atoms with Crippen molar-refractivity contribution in [1.82, 2.24) is 15.6 Å². The van der Waals surface area contributed by atoms with Crippen LogP contribution in [-0.2, 0) is 23.1 Å². The number of nitrogens with one attached hydrogen (secondary N) is 3. The van der Waals surface area contributed by atoms with Gasteiger partial charge in [0.05, 0.1) is 35.7 Å². The molecule has 0 bridgehead atoms. The summed E-state index contributed by atoms with van der Waals surface area (Å²) in [6.45, 7) is 7.72. The van der Waals surface area contributed by atoms with Crippen molar-refractivity contribution in [2.75, 3.05) is 17.5 Å². The minimum atomic E-state index is -3.33. The largest absolute Gasteiger partial charge is 0.357 e. The third kappa shape index (κ3) is 8.01. The number of hydrogen-bond donors (Lipinski definition) is 3. The summed E-state index contributed by atoms with van der Waals surface area (Å²) in [5.41, 5.74) is 2.38. The van der Waals surface area contributed by atoms with Crippen molar-refractivity contribution in [2.45, 2.75) is 33.9 Å². The number of rotatable bonds is 7. The van der Waals surface area contributed by atoms with Crippen LogP contribution >= 0.6 is 35.3 Å². The number of aliphatic imine (C=N–C) groups is 1. The molecule has 0 saturated heterocycles. The highest BCUT2D eigenvalue weighted by molar-refractivity contribution is 14.0.